The highest BCUT2D eigenvalue weighted by molar-refractivity contribution is 5.25. The zero-order chi connectivity index (χ0) is 9.26. The maximum atomic E-state index is 4.28. The number of nitrogens with zero attached hydrogens (tertiary/aromatic N) is 3. The van der Waals surface area contributed by atoms with E-state index in [1.807, 2.05) is 42.9 Å². The van der Waals surface area contributed by atoms with Gasteiger partial charge in [-0.25, -0.2) is 9.97 Å². The van der Waals surface area contributed by atoms with Crippen molar-refractivity contribution in [3.63, 3.8) is 0 Å². The Balaban J connectivity index is 2.41. The largest absolute Gasteiger partial charge is 0.290 e. The number of imidazole rings is 1. The molecule has 3 nitrogen and oxygen atoms in total. The van der Waals surface area contributed by atoms with E-state index in [1.54, 1.807) is 6.33 Å². The molecule has 0 aromatic carbocycles. The van der Waals surface area contributed by atoms with Crippen molar-refractivity contribution in [2.24, 2.45) is 0 Å². The molecule has 0 aliphatic carbocycles. The van der Waals surface area contributed by atoms with Crippen LogP contribution >= 0.6 is 0 Å². The number of pyridine rings is 1. The number of aromatic nitrogens is 3. The molecule has 66 valence electrons. The van der Waals surface area contributed by atoms with E-state index >= 15 is 0 Å². The fourth-order valence-corrected chi connectivity index (χ4v) is 1.16. The highest BCUT2D eigenvalue weighted by atomic mass is 15.1. The van der Waals surface area contributed by atoms with Crippen LogP contribution in [0.5, 0.6) is 0 Å². The molecule has 0 saturated heterocycles. The number of hydrogen-bond donors (Lipinski definition) is 0. The van der Waals surface area contributed by atoms with Crippen LogP contribution < -0.4 is 0 Å². The summed E-state index contributed by atoms with van der Waals surface area (Å²) in [6.07, 6.45) is 5.58. The van der Waals surface area contributed by atoms with Crippen molar-refractivity contribution < 1.29 is 0 Å². The van der Waals surface area contributed by atoms with Gasteiger partial charge in [-0.3, -0.25) is 4.57 Å². The summed E-state index contributed by atoms with van der Waals surface area (Å²) in [5, 5.41) is 0. The molecule has 0 fully saturated rings. The van der Waals surface area contributed by atoms with Gasteiger partial charge in [0.25, 0.3) is 0 Å². The molecule has 2 heterocycles. The molecule has 2 aromatic rings. The van der Waals surface area contributed by atoms with Crippen molar-refractivity contribution >= 4 is 0 Å². The van der Waals surface area contributed by atoms with Crippen molar-refractivity contribution in [1.82, 2.24) is 14.5 Å². The first-order chi connectivity index (χ1) is 6.25. The molecule has 2 rings (SSSR count). The van der Waals surface area contributed by atoms with Gasteiger partial charge in [0.1, 0.15) is 12.1 Å². The minimum absolute atomic E-state index is 0.909. The third-order valence-corrected chi connectivity index (χ3v) is 1.87. The second-order valence-corrected chi connectivity index (χ2v) is 3.12. The Morgan fingerprint density at radius 2 is 2.00 bits per heavy atom. The molecule has 0 unspecified atom stereocenters. The predicted octanol–water partition coefficient (Wildman–Crippen LogP) is 1.88. The van der Waals surface area contributed by atoms with Crippen molar-refractivity contribution in [3.05, 3.63) is 42.1 Å². The van der Waals surface area contributed by atoms with Gasteiger partial charge in [-0.05, 0) is 25.5 Å². The number of aryl methyl sites for hydroxylation is 2. The highest BCUT2D eigenvalue weighted by Crippen LogP contribution is 2.05. The molecule has 0 aliphatic rings. The first kappa shape index (κ1) is 7.98. The molecule has 0 radical (unpaired) electrons. The average Bonchev–Trinajstić information content (AvgIpc) is 2.53. The third kappa shape index (κ3) is 1.59. The molecule has 3 heteroatoms. The molecular formula is C10H11N3. The normalized spacial score (nSPS) is 10.3. The number of hydrogen-bond acceptors (Lipinski definition) is 2. The first-order valence-corrected chi connectivity index (χ1v) is 4.19. The van der Waals surface area contributed by atoms with Crippen LogP contribution in [0.1, 0.15) is 11.3 Å². The molecule has 0 amide bonds. The Morgan fingerprint density at radius 1 is 1.15 bits per heavy atom. The van der Waals surface area contributed by atoms with Gasteiger partial charge < -0.3 is 0 Å². The smallest absolute Gasteiger partial charge is 0.137 e. The summed E-state index contributed by atoms with van der Waals surface area (Å²) in [5.41, 5.74) is 2.17. The summed E-state index contributed by atoms with van der Waals surface area (Å²) in [6.45, 7) is 3.99. The topological polar surface area (TPSA) is 30.7 Å². The molecule has 2 aromatic heterocycles. The summed E-state index contributed by atoms with van der Waals surface area (Å²) in [6, 6.07) is 4.02. The van der Waals surface area contributed by atoms with Crippen molar-refractivity contribution in [3.8, 4) is 5.82 Å². The predicted molar refractivity (Wildman–Crippen MR) is 50.8 cm³/mol. The maximum Gasteiger partial charge on any atom is 0.137 e. The van der Waals surface area contributed by atoms with Gasteiger partial charge in [-0.15, -0.1) is 0 Å². The summed E-state index contributed by atoms with van der Waals surface area (Å²) < 4.78 is 1.91. The Hall–Kier alpha value is -1.64. The number of rotatable bonds is 1. The lowest BCUT2D eigenvalue weighted by atomic mass is 10.3. The van der Waals surface area contributed by atoms with Crippen LogP contribution in [-0.4, -0.2) is 14.5 Å². The molecule has 0 aliphatic heterocycles. The molecular weight excluding hydrogens is 162 g/mol. The van der Waals surface area contributed by atoms with Crippen LogP contribution in [0.2, 0.25) is 0 Å². The summed E-state index contributed by atoms with van der Waals surface area (Å²) >= 11 is 0. The fraction of sp³-hybridized carbons (Fsp3) is 0.200. The van der Waals surface area contributed by atoms with Crippen LogP contribution in [0, 0.1) is 13.8 Å². The average molecular weight is 173 g/mol. The third-order valence-electron chi connectivity index (χ3n) is 1.87. The zero-order valence-corrected chi connectivity index (χ0v) is 7.73. The van der Waals surface area contributed by atoms with Gasteiger partial charge in [0.15, 0.2) is 0 Å². The van der Waals surface area contributed by atoms with Crippen LogP contribution in [0.15, 0.2) is 30.9 Å². The van der Waals surface area contributed by atoms with E-state index in [4.69, 9.17) is 0 Å². The lowest BCUT2D eigenvalue weighted by Gasteiger charge is -1.99. The molecule has 0 atom stereocenters. The van der Waals surface area contributed by atoms with Crippen LogP contribution in [0.25, 0.3) is 5.82 Å². The Labute approximate surface area is 77.1 Å². The molecule has 13 heavy (non-hydrogen) atoms. The van der Waals surface area contributed by atoms with Crippen LogP contribution in [0.3, 0.4) is 0 Å². The molecule has 0 bridgehead atoms. The second kappa shape index (κ2) is 3.01. The van der Waals surface area contributed by atoms with Crippen molar-refractivity contribution in [1.29, 1.82) is 0 Å². The van der Waals surface area contributed by atoms with E-state index in [1.165, 1.54) is 5.56 Å². The standard InChI is InChI=1S/C10H11N3/c1-8-3-4-10(11-5-8)13-6-9(2)12-7-13/h3-7H,1-2H3. The van der Waals surface area contributed by atoms with E-state index in [9.17, 15) is 0 Å². The second-order valence-electron chi connectivity index (χ2n) is 3.12. The van der Waals surface area contributed by atoms with Gasteiger partial charge in [-0.1, -0.05) is 6.07 Å². The Morgan fingerprint density at radius 3 is 2.54 bits per heavy atom. The van der Waals surface area contributed by atoms with Crippen LogP contribution in [-0.2, 0) is 0 Å². The summed E-state index contributed by atoms with van der Waals surface area (Å²) in [7, 11) is 0. The quantitative estimate of drug-likeness (QED) is 0.659. The lowest BCUT2D eigenvalue weighted by Crippen LogP contribution is -1.93. The maximum absolute atomic E-state index is 4.28. The van der Waals surface area contributed by atoms with E-state index < -0.39 is 0 Å². The summed E-state index contributed by atoms with van der Waals surface area (Å²) in [5.74, 6) is 0.909. The minimum Gasteiger partial charge on any atom is -0.290 e. The van der Waals surface area contributed by atoms with E-state index in [-0.39, 0.29) is 0 Å². The van der Waals surface area contributed by atoms with Crippen molar-refractivity contribution in [2.45, 2.75) is 13.8 Å². The highest BCUT2D eigenvalue weighted by Gasteiger charge is 1.97. The molecule has 0 spiro atoms. The molecule has 0 N–H and O–H groups in total. The van der Waals surface area contributed by atoms with E-state index in [0.29, 0.717) is 0 Å². The Bertz CT molecular complexity index is 400. The van der Waals surface area contributed by atoms with Gasteiger partial charge >= 0.3 is 0 Å². The zero-order valence-electron chi connectivity index (χ0n) is 7.73. The Kier molecular flexibility index (Phi) is 1.85. The molecule has 0 saturated carbocycles. The van der Waals surface area contributed by atoms with Crippen molar-refractivity contribution in [2.75, 3.05) is 0 Å². The van der Waals surface area contributed by atoms with Gasteiger partial charge in [-0.2, -0.15) is 0 Å². The van der Waals surface area contributed by atoms with Gasteiger partial charge in [0.05, 0.1) is 5.69 Å². The lowest BCUT2D eigenvalue weighted by molar-refractivity contribution is 0.988. The van der Waals surface area contributed by atoms with E-state index in [0.717, 1.165) is 11.5 Å². The SMILES string of the molecule is Cc1ccc(-n2cnc(C)c2)nc1. The first-order valence-electron chi connectivity index (χ1n) is 4.19. The van der Waals surface area contributed by atoms with E-state index in [2.05, 4.69) is 9.97 Å². The summed E-state index contributed by atoms with van der Waals surface area (Å²) in [4.78, 5) is 8.42. The van der Waals surface area contributed by atoms with Crippen LogP contribution in [0.4, 0.5) is 0 Å². The van der Waals surface area contributed by atoms with Gasteiger partial charge in [0, 0.05) is 12.4 Å². The monoisotopic (exact) mass is 173 g/mol. The minimum atomic E-state index is 0.909. The van der Waals surface area contributed by atoms with Gasteiger partial charge in [0.2, 0.25) is 0 Å². The fourth-order valence-electron chi connectivity index (χ4n) is 1.16.